The van der Waals surface area contributed by atoms with Gasteiger partial charge in [0.05, 0.1) is 30.5 Å². The molecule has 0 radical (unpaired) electrons. The van der Waals surface area contributed by atoms with Crippen LogP contribution in [0.2, 0.25) is 16.6 Å². The number of aromatic nitrogens is 1. The van der Waals surface area contributed by atoms with E-state index in [0.29, 0.717) is 41.8 Å². The lowest BCUT2D eigenvalue weighted by Crippen LogP contribution is -2.52. The maximum atomic E-state index is 13.1. The lowest BCUT2D eigenvalue weighted by Gasteiger charge is -2.47. The van der Waals surface area contributed by atoms with Crippen molar-refractivity contribution in [2.24, 2.45) is 11.8 Å². The van der Waals surface area contributed by atoms with Crippen LogP contribution in [0.4, 0.5) is 0 Å². The van der Waals surface area contributed by atoms with Gasteiger partial charge in [0, 0.05) is 30.8 Å². The van der Waals surface area contributed by atoms with Crippen LogP contribution in [-0.4, -0.2) is 67.8 Å². The molecule has 10 atom stereocenters. The van der Waals surface area contributed by atoms with Crippen molar-refractivity contribution in [3.05, 3.63) is 48.2 Å². The molecule has 10 heteroatoms. The summed E-state index contributed by atoms with van der Waals surface area (Å²) in [5.74, 6) is -0.431. The molecule has 0 N–H and O–H groups in total. The average molecular weight is 712 g/mol. The molecule has 5 heterocycles. The smallest absolute Gasteiger partial charge is 0.330 e. The van der Waals surface area contributed by atoms with Crippen LogP contribution < -0.4 is 0 Å². The Hall–Kier alpha value is -2.37. The van der Waals surface area contributed by atoms with E-state index in [1.807, 2.05) is 32.1 Å². The lowest BCUT2D eigenvalue weighted by atomic mass is 9.80. The number of carbonyl (C=O) groups is 2. The van der Waals surface area contributed by atoms with Crippen LogP contribution in [0.25, 0.3) is 6.08 Å². The number of Topliss-reactive ketones (excluding diaryl/α,β-unsaturated/α-hetero) is 1. The SMILES string of the molecule is C=C1C[C@@H]2C[C@@H]3C[C@@H](O[Si](C(C)C)(C(C)C)C(C)C)C[C@@H](O3)c3coc(n3)/C=C/C[C@H]3O[C@@H](C(C)=O)[C@H](C)[C@@H](OC(=O)/C=C\C[C@@H](C1)O2)[C@H]3C. The van der Waals surface area contributed by atoms with Crippen molar-refractivity contribution >= 4 is 26.1 Å². The maximum absolute atomic E-state index is 13.1. The monoisotopic (exact) mass is 711 g/mol. The Morgan fingerprint density at radius 3 is 2.24 bits per heavy atom. The third-order valence-electron chi connectivity index (χ3n) is 11.6. The average Bonchev–Trinajstić information content (AvgIpc) is 3.50. The second kappa shape index (κ2) is 16.5. The van der Waals surface area contributed by atoms with Gasteiger partial charge in [-0.25, -0.2) is 9.78 Å². The summed E-state index contributed by atoms with van der Waals surface area (Å²) in [5, 5.41) is 0. The normalized spacial score (nSPS) is 35.8. The maximum Gasteiger partial charge on any atom is 0.330 e. The number of carbonyl (C=O) groups excluding carboxylic acids is 2. The van der Waals surface area contributed by atoms with E-state index >= 15 is 0 Å². The first-order chi connectivity index (χ1) is 23.7. The Labute approximate surface area is 300 Å². The summed E-state index contributed by atoms with van der Waals surface area (Å²) in [5.41, 5.74) is 3.32. The van der Waals surface area contributed by atoms with Crippen LogP contribution in [-0.2, 0) is 33.0 Å². The van der Waals surface area contributed by atoms with E-state index < -0.39 is 26.5 Å². The van der Waals surface area contributed by atoms with Gasteiger partial charge >= 0.3 is 5.97 Å². The molecule has 1 aromatic rings. The van der Waals surface area contributed by atoms with E-state index in [0.717, 1.165) is 37.0 Å². The zero-order valence-corrected chi connectivity index (χ0v) is 32.8. The minimum Gasteiger partial charge on any atom is -0.458 e. The zero-order valence-electron chi connectivity index (χ0n) is 31.8. The van der Waals surface area contributed by atoms with Gasteiger partial charge in [-0.15, -0.1) is 0 Å². The highest BCUT2D eigenvalue weighted by Gasteiger charge is 2.49. The van der Waals surface area contributed by atoms with Crippen LogP contribution in [0.1, 0.15) is 125 Å². The summed E-state index contributed by atoms with van der Waals surface area (Å²) in [6.45, 7) is 23.8. The molecule has 0 unspecified atom stereocenters. The molecule has 3 saturated heterocycles. The van der Waals surface area contributed by atoms with Gasteiger partial charge in [0.25, 0.3) is 0 Å². The van der Waals surface area contributed by atoms with Gasteiger partial charge in [-0.3, -0.25) is 4.79 Å². The Balaban J connectivity index is 1.45. The number of hydrogen-bond acceptors (Lipinski definition) is 9. The van der Waals surface area contributed by atoms with E-state index in [-0.39, 0.29) is 54.2 Å². The third-order valence-corrected chi connectivity index (χ3v) is 17.8. The van der Waals surface area contributed by atoms with E-state index in [1.54, 1.807) is 6.26 Å². The molecule has 0 aromatic carbocycles. The molecule has 278 valence electrons. The Bertz CT molecular complexity index is 1380. The predicted molar refractivity (Wildman–Crippen MR) is 196 cm³/mol. The number of esters is 1. The number of rotatable bonds is 6. The van der Waals surface area contributed by atoms with Crippen molar-refractivity contribution in [1.29, 1.82) is 0 Å². The van der Waals surface area contributed by atoms with Crippen LogP contribution in [0.15, 0.2) is 41.1 Å². The number of oxazole rings is 1. The summed E-state index contributed by atoms with van der Waals surface area (Å²) in [6.07, 6.45) is 11.7. The quantitative estimate of drug-likeness (QED) is 0.163. The molecule has 0 saturated carbocycles. The number of ketones is 1. The summed E-state index contributed by atoms with van der Waals surface area (Å²) < 4.78 is 39.1. The Kier molecular flexibility index (Phi) is 12.8. The van der Waals surface area contributed by atoms with Crippen LogP contribution in [0.3, 0.4) is 0 Å². The van der Waals surface area contributed by atoms with E-state index in [4.69, 9.17) is 32.8 Å². The summed E-state index contributed by atoms with van der Waals surface area (Å²) in [4.78, 5) is 30.5. The fourth-order valence-electron chi connectivity index (χ4n) is 9.34. The van der Waals surface area contributed by atoms with Gasteiger partial charge < -0.3 is 27.8 Å². The highest BCUT2D eigenvalue weighted by molar-refractivity contribution is 6.77. The first-order valence-electron chi connectivity index (χ1n) is 19.0. The van der Waals surface area contributed by atoms with Crippen molar-refractivity contribution in [2.75, 3.05) is 0 Å². The third kappa shape index (κ3) is 8.80. The Morgan fingerprint density at radius 2 is 1.56 bits per heavy atom. The largest absolute Gasteiger partial charge is 0.458 e. The molecular formula is C40H61NO8Si. The molecule has 50 heavy (non-hydrogen) atoms. The fourth-order valence-corrected chi connectivity index (χ4v) is 14.9. The van der Waals surface area contributed by atoms with Crippen molar-refractivity contribution < 1.29 is 37.4 Å². The summed E-state index contributed by atoms with van der Waals surface area (Å²) in [6, 6.07) is 0. The highest BCUT2D eigenvalue weighted by Crippen LogP contribution is 2.46. The van der Waals surface area contributed by atoms with Gasteiger partial charge in [-0.05, 0) is 61.7 Å². The molecule has 9 nitrogen and oxygen atoms in total. The number of ether oxygens (including phenoxy) is 4. The lowest BCUT2D eigenvalue weighted by molar-refractivity contribution is -0.189. The first kappa shape index (κ1) is 38.8. The number of nitrogens with zero attached hydrogens (tertiary/aromatic N) is 1. The van der Waals surface area contributed by atoms with Gasteiger partial charge in [0.1, 0.15) is 30.3 Å². The summed E-state index contributed by atoms with van der Waals surface area (Å²) >= 11 is 0. The molecular weight excluding hydrogens is 651 g/mol. The standard InChI is InChI=1S/C40H61NO8Si/c1-23(2)50(24(3)4,25(5)6)49-33-20-32-19-31-18-26(7)17-30(45-31)13-11-16-38(43)48-39-27(8)35(47-40(28(39)9)29(10)42)14-12-15-37-41-34(22-44-37)36(21-33)46-32/h11-12,15-16,22-25,27-28,30-33,35-36,39-40H,7,13-14,17-21H2,1-6,8-10H3/b15-12+,16-11-/t27-,28+,30-,31+,32+,33+,35+,36+,39-,40+/m0/s1. The molecule has 5 rings (SSSR count). The first-order valence-corrected chi connectivity index (χ1v) is 21.1. The second-order valence-corrected chi connectivity index (χ2v) is 21.7. The Morgan fingerprint density at radius 1 is 0.880 bits per heavy atom. The summed E-state index contributed by atoms with van der Waals surface area (Å²) in [7, 11) is -2.16. The minimum atomic E-state index is -2.16. The topological polar surface area (TPSA) is 106 Å². The zero-order chi connectivity index (χ0) is 36.3. The molecule has 4 aliphatic rings. The van der Waals surface area contributed by atoms with Gasteiger partial charge in [0.2, 0.25) is 14.2 Å². The second-order valence-electron chi connectivity index (χ2n) is 16.3. The van der Waals surface area contributed by atoms with E-state index in [9.17, 15) is 9.59 Å². The van der Waals surface area contributed by atoms with Crippen molar-refractivity contribution in [2.45, 2.75) is 173 Å². The van der Waals surface area contributed by atoms with Gasteiger partial charge in [-0.1, -0.05) is 79.7 Å². The molecule has 8 bridgehead atoms. The predicted octanol–water partition coefficient (Wildman–Crippen LogP) is 8.85. The minimum absolute atomic E-state index is 0.0287. The molecule has 0 amide bonds. The molecule has 0 spiro atoms. The molecule has 1 aromatic heterocycles. The highest BCUT2D eigenvalue weighted by atomic mass is 28.4. The van der Waals surface area contributed by atoms with Crippen LogP contribution in [0.5, 0.6) is 0 Å². The van der Waals surface area contributed by atoms with Crippen LogP contribution in [0, 0.1) is 11.8 Å². The van der Waals surface area contributed by atoms with Crippen molar-refractivity contribution in [1.82, 2.24) is 4.98 Å². The van der Waals surface area contributed by atoms with E-state index in [2.05, 4.69) is 48.1 Å². The van der Waals surface area contributed by atoms with Gasteiger partial charge in [0.15, 0.2) is 5.78 Å². The van der Waals surface area contributed by atoms with Gasteiger partial charge in [-0.2, -0.15) is 0 Å². The molecule has 3 fully saturated rings. The number of fused-ring (bicyclic) bond motifs is 9. The number of hydrogen-bond donors (Lipinski definition) is 0. The molecule has 4 aliphatic heterocycles. The van der Waals surface area contributed by atoms with Crippen LogP contribution >= 0.6 is 0 Å². The van der Waals surface area contributed by atoms with E-state index in [1.165, 1.54) is 13.0 Å². The van der Waals surface area contributed by atoms with Crippen molar-refractivity contribution in [3.63, 3.8) is 0 Å². The van der Waals surface area contributed by atoms with Crippen molar-refractivity contribution in [3.8, 4) is 0 Å². The fraction of sp³-hybridized carbons (Fsp3) is 0.725. The molecule has 0 aliphatic carbocycles.